The Morgan fingerprint density at radius 3 is 2.21 bits per heavy atom. The zero-order valence-electron chi connectivity index (χ0n) is 8.36. The molecule has 2 rings (SSSR count). The van der Waals surface area contributed by atoms with Crippen molar-refractivity contribution in [3.8, 4) is 11.4 Å². The predicted molar refractivity (Wildman–Crippen MR) is 56.9 cm³/mol. The molecule has 0 radical (unpaired) electrons. The molecule has 0 atom stereocenters. The highest BCUT2D eigenvalue weighted by Gasteiger charge is 2.04. The summed E-state index contributed by atoms with van der Waals surface area (Å²) in [6.45, 7) is 4.14. The molecule has 0 saturated carbocycles. The molecule has 0 unspecified atom stereocenters. The number of para-hydroxylation sites is 1. The Morgan fingerprint density at radius 2 is 1.71 bits per heavy atom. The minimum atomic E-state index is 0.299. The Balaban J connectivity index is 2.61. The third-order valence-electron chi connectivity index (χ3n) is 2.37. The van der Waals surface area contributed by atoms with Crippen molar-refractivity contribution in [2.45, 2.75) is 13.8 Å². The minimum absolute atomic E-state index is 0.299. The van der Waals surface area contributed by atoms with E-state index in [-0.39, 0.29) is 0 Å². The minimum Gasteiger partial charge on any atom is -0.506 e. The second-order valence-corrected chi connectivity index (χ2v) is 3.52. The van der Waals surface area contributed by atoms with Gasteiger partial charge < -0.3 is 9.67 Å². The number of rotatable bonds is 1. The van der Waals surface area contributed by atoms with Crippen LogP contribution in [0.5, 0.6) is 5.75 Å². The van der Waals surface area contributed by atoms with Gasteiger partial charge in [-0.3, -0.25) is 0 Å². The van der Waals surface area contributed by atoms with Crippen LogP contribution in [-0.2, 0) is 0 Å². The lowest BCUT2D eigenvalue weighted by molar-refractivity contribution is 0.475. The van der Waals surface area contributed by atoms with E-state index in [1.807, 2.05) is 16.8 Å². The van der Waals surface area contributed by atoms with Crippen LogP contribution < -0.4 is 0 Å². The molecule has 1 aromatic heterocycles. The average molecular weight is 187 g/mol. The molecule has 72 valence electrons. The molecule has 0 fully saturated rings. The van der Waals surface area contributed by atoms with E-state index in [0.717, 1.165) is 5.69 Å². The molecule has 0 spiro atoms. The summed E-state index contributed by atoms with van der Waals surface area (Å²) in [7, 11) is 0. The van der Waals surface area contributed by atoms with Crippen LogP contribution in [0.4, 0.5) is 0 Å². The van der Waals surface area contributed by atoms with Gasteiger partial charge in [-0.15, -0.1) is 0 Å². The molecule has 1 heterocycles. The summed E-state index contributed by atoms with van der Waals surface area (Å²) in [5, 5.41) is 9.28. The normalized spacial score (nSPS) is 10.4. The summed E-state index contributed by atoms with van der Waals surface area (Å²) >= 11 is 0. The molecule has 0 aliphatic heterocycles. The third-order valence-corrected chi connectivity index (χ3v) is 2.37. The van der Waals surface area contributed by atoms with Gasteiger partial charge in [0.1, 0.15) is 5.75 Å². The van der Waals surface area contributed by atoms with Crippen LogP contribution in [-0.4, -0.2) is 9.67 Å². The lowest BCUT2D eigenvalue weighted by Crippen LogP contribution is -1.96. The number of hydrogen-bond acceptors (Lipinski definition) is 1. The number of benzene rings is 1. The highest BCUT2D eigenvalue weighted by molar-refractivity contribution is 5.48. The van der Waals surface area contributed by atoms with Crippen LogP contribution in [0.15, 0.2) is 36.7 Å². The van der Waals surface area contributed by atoms with Gasteiger partial charge in [-0.2, -0.15) is 0 Å². The maximum atomic E-state index is 9.28. The predicted octanol–water partition coefficient (Wildman–Crippen LogP) is 2.80. The van der Waals surface area contributed by atoms with E-state index < -0.39 is 0 Å². The zero-order chi connectivity index (χ0) is 10.1. The van der Waals surface area contributed by atoms with Crippen LogP contribution >= 0.6 is 0 Å². The summed E-state index contributed by atoms with van der Waals surface area (Å²) < 4.78 is 1.94. The quantitative estimate of drug-likeness (QED) is 0.729. The Morgan fingerprint density at radius 1 is 1.07 bits per heavy atom. The van der Waals surface area contributed by atoms with Gasteiger partial charge in [-0.1, -0.05) is 18.2 Å². The highest BCUT2D eigenvalue weighted by Crippen LogP contribution is 2.21. The molecule has 1 aromatic carbocycles. The summed E-state index contributed by atoms with van der Waals surface area (Å²) in [5.41, 5.74) is 3.56. The van der Waals surface area contributed by atoms with Gasteiger partial charge in [0.05, 0.1) is 11.9 Å². The Hall–Kier alpha value is -1.70. The first-order valence-electron chi connectivity index (χ1n) is 4.62. The molecule has 14 heavy (non-hydrogen) atoms. The van der Waals surface area contributed by atoms with Crippen molar-refractivity contribution in [2.24, 2.45) is 0 Å². The second kappa shape index (κ2) is 3.22. The lowest BCUT2D eigenvalue weighted by atomic mass is 10.1. The second-order valence-electron chi connectivity index (χ2n) is 3.52. The number of aryl methyl sites for hydroxylation is 2. The summed E-state index contributed by atoms with van der Waals surface area (Å²) in [5.74, 6) is 0.299. The fourth-order valence-corrected chi connectivity index (χ4v) is 1.74. The molecular formula is C12H13NO. The molecule has 2 aromatic rings. The number of nitrogens with zero attached hydrogens (tertiary/aromatic N) is 1. The van der Waals surface area contributed by atoms with E-state index in [0.29, 0.717) is 5.75 Å². The van der Waals surface area contributed by atoms with Gasteiger partial charge in [0.2, 0.25) is 0 Å². The largest absolute Gasteiger partial charge is 0.506 e. The number of aromatic nitrogens is 1. The standard InChI is InChI=1S/C12H13NO/c1-9-4-3-5-10(2)12(9)13-7-6-11(14)8-13/h3-8,14H,1-2H3. The lowest BCUT2D eigenvalue weighted by Gasteiger charge is -2.10. The summed E-state index contributed by atoms with van der Waals surface area (Å²) in [6.07, 6.45) is 3.58. The Labute approximate surface area is 83.4 Å². The van der Waals surface area contributed by atoms with E-state index in [2.05, 4.69) is 26.0 Å². The molecule has 2 nitrogen and oxygen atoms in total. The Kier molecular flexibility index (Phi) is 2.04. The SMILES string of the molecule is Cc1cccc(C)c1-n1ccc(O)c1. The first-order chi connectivity index (χ1) is 6.68. The maximum absolute atomic E-state index is 9.28. The fraction of sp³-hybridized carbons (Fsp3) is 0.167. The van der Waals surface area contributed by atoms with E-state index in [4.69, 9.17) is 0 Å². The zero-order valence-corrected chi connectivity index (χ0v) is 8.36. The third kappa shape index (κ3) is 1.39. The maximum Gasteiger partial charge on any atom is 0.133 e. The topological polar surface area (TPSA) is 25.2 Å². The van der Waals surface area contributed by atoms with Gasteiger partial charge in [0, 0.05) is 6.20 Å². The smallest absolute Gasteiger partial charge is 0.133 e. The van der Waals surface area contributed by atoms with Crippen molar-refractivity contribution in [3.63, 3.8) is 0 Å². The van der Waals surface area contributed by atoms with Gasteiger partial charge in [-0.25, -0.2) is 0 Å². The molecule has 1 N–H and O–H groups in total. The molecule has 0 aliphatic rings. The molecule has 0 bridgehead atoms. The highest BCUT2D eigenvalue weighted by atomic mass is 16.3. The Bertz CT molecular complexity index is 437. The van der Waals surface area contributed by atoms with Crippen LogP contribution in [0, 0.1) is 13.8 Å². The van der Waals surface area contributed by atoms with Crippen molar-refractivity contribution in [3.05, 3.63) is 47.8 Å². The summed E-state index contributed by atoms with van der Waals surface area (Å²) in [4.78, 5) is 0. The van der Waals surface area contributed by atoms with Crippen LogP contribution in [0.25, 0.3) is 5.69 Å². The summed E-state index contributed by atoms with van der Waals surface area (Å²) in [6, 6.07) is 7.86. The molecule has 0 amide bonds. The van der Waals surface area contributed by atoms with Gasteiger partial charge >= 0.3 is 0 Å². The fourth-order valence-electron chi connectivity index (χ4n) is 1.74. The van der Waals surface area contributed by atoms with E-state index in [1.165, 1.54) is 11.1 Å². The molecule has 0 saturated heterocycles. The molecule has 2 heteroatoms. The van der Waals surface area contributed by atoms with Gasteiger partial charge in [0.25, 0.3) is 0 Å². The van der Waals surface area contributed by atoms with Crippen molar-refractivity contribution in [1.82, 2.24) is 4.57 Å². The van der Waals surface area contributed by atoms with Crippen molar-refractivity contribution in [2.75, 3.05) is 0 Å². The van der Waals surface area contributed by atoms with Gasteiger partial charge in [0.15, 0.2) is 0 Å². The van der Waals surface area contributed by atoms with Crippen molar-refractivity contribution in [1.29, 1.82) is 0 Å². The molecule has 0 aliphatic carbocycles. The first-order valence-corrected chi connectivity index (χ1v) is 4.62. The van der Waals surface area contributed by atoms with E-state index in [9.17, 15) is 5.11 Å². The van der Waals surface area contributed by atoms with E-state index >= 15 is 0 Å². The number of aromatic hydroxyl groups is 1. The monoisotopic (exact) mass is 187 g/mol. The average Bonchev–Trinajstić information content (AvgIpc) is 2.51. The van der Waals surface area contributed by atoms with Gasteiger partial charge in [-0.05, 0) is 31.0 Å². The molecular weight excluding hydrogens is 174 g/mol. The van der Waals surface area contributed by atoms with Crippen molar-refractivity contribution >= 4 is 0 Å². The van der Waals surface area contributed by atoms with Crippen LogP contribution in [0.1, 0.15) is 11.1 Å². The first kappa shape index (κ1) is 8.88. The van der Waals surface area contributed by atoms with Crippen LogP contribution in [0.2, 0.25) is 0 Å². The van der Waals surface area contributed by atoms with Crippen molar-refractivity contribution < 1.29 is 5.11 Å². The number of hydrogen-bond donors (Lipinski definition) is 1. The van der Waals surface area contributed by atoms with E-state index in [1.54, 1.807) is 12.3 Å². The van der Waals surface area contributed by atoms with Crippen LogP contribution in [0.3, 0.4) is 0 Å².